The van der Waals surface area contributed by atoms with Gasteiger partial charge in [0.2, 0.25) is 0 Å². The Balaban J connectivity index is 2.78. The van der Waals surface area contributed by atoms with Gasteiger partial charge in [-0.25, -0.2) is 4.98 Å². The van der Waals surface area contributed by atoms with Gasteiger partial charge in [-0.15, -0.1) is 11.3 Å². The number of hydrogen-bond donors (Lipinski definition) is 1. The molecule has 2 N–H and O–H groups in total. The minimum atomic E-state index is -0.395. The van der Waals surface area contributed by atoms with E-state index in [4.69, 9.17) is 5.73 Å². The summed E-state index contributed by atoms with van der Waals surface area (Å²) < 4.78 is 0. The number of carbonyl (C=O) groups excluding carboxylic acids is 1. The van der Waals surface area contributed by atoms with E-state index < -0.39 is 5.41 Å². The van der Waals surface area contributed by atoms with Gasteiger partial charge < -0.3 is 5.73 Å². The van der Waals surface area contributed by atoms with Gasteiger partial charge in [-0.3, -0.25) is 4.79 Å². The molecule has 90 valence electrons. The van der Waals surface area contributed by atoms with Crippen molar-refractivity contribution >= 4 is 17.1 Å². The molecule has 0 amide bonds. The molecule has 1 aromatic heterocycles. The van der Waals surface area contributed by atoms with Crippen LogP contribution in [0.1, 0.15) is 35.8 Å². The fourth-order valence-corrected chi connectivity index (χ4v) is 2.35. The first kappa shape index (κ1) is 13.3. The van der Waals surface area contributed by atoms with E-state index in [1.807, 2.05) is 27.7 Å². The van der Waals surface area contributed by atoms with E-state index in [0.717, 1.165) is 17.1 Å². The van der Waals surface area contributed by atoms with Crippen molar-refractivity contribution in [3.05, 3.63) is 15.6 Å². The second-order valence-corrected chi connectivity index (χ2v) is 5.76. The van der Waals surface area contributed by atoms with Crippen LogP contribution in [0.15, 0.2) is 0 Å². The molecule has 0 bridgehead atoms. The Morgan fingerprint density at radius 1 is 1.50 bits per heavy atom. The number of ketones is 1. The molecule has 0 aliphatic heterocycles. The minimum absolute atomic E-state index is 0.200. The van der Waals surface area contributed by atoms with Crippen LogP contribution in [0.25, 0.3) is 0 Å². The molecule has 3 nitrogen and oxygen atoms in total. The summed E-state index contributed by atoms with van der Waals surface area (Å²) in [5.41, 5.74) is 6.30. The number of nitrogens with two attached hydrogens (primary N) is 1. The van der Waals surface area contributed by atoms with Crippen molar-refractivity contribution < 1.29 is 4.79 Å². The molecule has 1 heterocycles. The topological polar surface area (TPSA) is 56.0 Å². The molecule has 0 saturated heterocycles. The average molecular weight is 240 g/mol. The normalized spacial score (nSPS) is 14.8. The molecular formula is C12H20N2OS. The van der Waals surface area contributed by atoms with Crippen LogP contribution in [-0.2, 0) is 11.2 Å². The van der Waals surface area contributed by atoms with Crippen LogP contribution in [0.2, 0.25) is 0 Å². The van der Waals surface area contributed by atoms with Gasteiger partial charge in [-0.2, -0.15) is 0 Å². The van der Waals surface area contributed by atoms with Crippen molar-refractivity contribution in [2.24, 2.45) is 11.1 Å². The zero-order valence-electron chi connectivity index (χ0n) is 10.5. The maximum atomic E-state index is 12.1. The van der Waals surface area contributed by atoms with Gasteiger partial charge in [0.05, 0.1) is 12.1 Å². The Morgan fingerprint density at radius 2 is 2.12 bits per heavy atom. The minimum Gasteiger partial charge on any atom is -0.329 e. The van der Waals surface area contributed by atoms with Crippen LogP contribution < -0.4 is 5.73 Å². The smallest absolute Gasteiger partial charge is 0.146 e. The summed E-state index contributed by atoms with van der Waals surface area (Å²) in [6.07, 6.45) is 1.20. The predicted octanol–water partition coefficient (Wildman–Crippen LogP) is 2.25. The number of thiazole rings is 1. The standard InChI is InChI=1S/C12H20N2OS/c1-5-12(4,7-13)10(15)6-11-14-8(2)9(3)16-11/h5-7,13H2,1-4H3. The zero-order chi connectivity index (χ0) is 12.3. The summed E-state index contributed by atoms with van der Waals surface area (Å²) in [4.78, 5) is 17.7. The fourth-order valence-electron chi connectivity index (χ4n) is 1.42. The van der Waals surface area contributed by atoms with Crippen LogP contribution in [-0.4, -0.2) is 17.3 Å². The second-order valence-electron chi connectivity index (χ2n) is 4.47. The number of aromatic nitrogens is 1. The first-order chi connectivity index (χ1) is 7.42. The SMILES string of the molecule is CCC(C)(CN)C(=O)Cc1nc(C)c(C)s1. The van der Waals surface area contributed by atoms with Crippen LogP contribution in [0.5, 0.6) is 0 Å². The highest BCUT2D eigenvalue weighted by Gasteiger charge is 2.29. The highest BCUT2D eigenvalue weighted by Crippen LogP contribution is 2.25. The molecule has 1 unspecified atom stereocenters. The highest BCUT2D eigenvalue weighted by molar-refractivity contribution is 7.11. The quantitative estimate of drug-likeness (QED) is 0.858. The van der Waals surface area contributed by atoms with Crippen molar-refractivity contribution in [2.45, 2.75) is 40.5 Å². The lowest BCUT2D eigenvalue weighted by atomic mass is 9.82. The molecular weight excluding hydrogens is 220 g/mol. The number of Topliss-reactive ketones (excluding diaryl/α,β-unsaturated/α-hetero) is 1. The summed E-state index contributed by atoms with van der Waals surface area (Å²) in [5, 5.41) is 0.910. The van der Waals surface area contributed by atoms with E-state index >= 15 is 0 Å². The summed E-state index contributed by atoms with van der Waals surface area (Å²) >= 11 is 1.61. The number of rotatable bonds is 5. The van der Waals surface area contributed by atoms with Crippen molar-refractivity contribution in [3.8, 4) is 0 Å². The van der Waals surface area contributed by atoms with Gasteiger partial charge in [-0.1, -0.05) is 13.8 Å². The lowest BCUT2D eigenvalue weighted by Crippen LogP contribution is -2.36. The molecule has 0 saturated carbocycles. The van der Waals surface area contributed by atoms with Crippen molar-refractivity contribution in [2.75, 3.05) is 6.54 Å². The number of nitrogens with zero attached hydrogens (tertiary/aromatic N) is 1. The van der Waals surface area contributed by atoms with Gasteiger partial charge in [0.1, 0.15) is 10.8 Å². The van der Waals surface area contributed by atoms with E-state index in [9.17, 15) is 4.79 Å². The Kier molecular flexibility index (Phi) is 4.21. The molecule has 1 atom stereocenters. The molecule has 16 heavy (non-hydrogen) atoms. The largest absolute Gasteiger partial charge is 0.329 e. The molecule has 0 fully saturated rings. The van der Waals surface area contributed by atoms with Gasteiger partial charge in [0.25, 0.3) is 0 Å². The third kappa shape index (κ3) is 2.68. The zero-order valence-corrected chi connectivity index (χ0v) is 11.3. The third-order valence-electron chi connectivity index (χ3n) is 3.29. The van der Waals surface area contributed by atoms with Gasteiger partial charge in [0.15, 0.2) is 0 Å². The molecule has 0 aliphatic carbocycles. The van der Waals surface area contributed by atoms with Crippen molar-refractivity contribution in [1.29, 1.82) is 0 Å². The van der Waals surface area contributed by atoms with Crippen LogP contribution in [0, 0.1) is 19.3 Å². The lowest BCUT2D eigenvalue weighted by Gasteiger charge is -2.23. The Morgan fingerprint density at radius 3 is 2.50 bits per heavy atom. The number of aryl methyl sites for hydroxylation is 2. The molecule has 0 spiro atoms. The van der Waals surface area contributed by atoms with Gasteiger partial charge in [0, 0.05) is 16.8 Å². The maximum absolute atomic E-state index is 12.1. The second kappa shape index (κ2) is 5.06. The molecule has 1 aromatic rings. The van der Waals surface area contributed by atoms with E-state index in [1.54, 1.807) is 11.3 Å². The maximum Gasteiger partial charge on any atom is 0.146 e. The van der Waals surface area contributed by atoms with Gasteiger partial charge >= 0.3 is 0 Å². The Bertz CT molecular complexity index is 361. The highest BCUT2D eigenvalue weighted by atomic mass is 32.1. The first-order valence-corrected chi connectivity index (χ1v) is 6.41. The average Bonchev–Trinajstić information content (AvgIpc) is 2.56. The summed E-state index contributed by atoms with van der Waals surface area (Å²) in [7, 11) is 0. The van der Waals surface area contributed by atoms with E-state index in [0.29, 0.717) is 13.0 Å². The summed E-state index contributed by atoms with van der Waals surface area (Å²) in [6, 6.07) is 0. The summed E-state index contributed by atoms with van der Waals surface area (Å²) in [6.45, 7) is 8.35. The van der Waals surface area contributed by atoms with Crippen molar-refractivity contribution in [1.82, 2.24) is 4.98 Å². The first-order valence-electron chi connectivity index (χ1n) is 5.59. The van der Waals surface area contributed by atoms with E-state index in [-0.39, 0.29) is 5.78 Å². The number of hydrogen-bond acceptors (Lipinski definition) is 4. The van der Waals surface area contributed by atoms with Crippen LogP contribution in [0.4, 0.5) is 0 Å². The van der Waals surface area contributed by atoms with Crippen molar-refractivity contribution in [3.63, 3.8) is 0 Å². The molecule has 1 rings (SSSR count). The number of carbonyl (C=O) groups is 1. The fraction of sp³-hybridized carbons (Fsp3) is 0.667. The lowest BCUT2D eigenvalue weighted by molar-refractivity contribution is -0.126. The summed E-state index contributed by atoms with van der Waals surface area (Å²) in [5.74, 6) is 0.200. The molecule has 4 heteroatoms. The Labute approximate surface area is 101 Å². The van der Waals surface area contributed by atoms with Crippen LogP contribution in [0.3, 0.4) is 0 Å². The monoisotopic (exact) mass is 240 g/mol. The molecule has 0 aromatic carbocycles. The van der Waals surface area contributed by atoms with E-state index in [2.05, 4.69) is 4.98 Å². The third-order valence-corrected chi connectivity index (χ3v) is 4.36. The van der Waals surface area contributed by atoms with E-state index in [1.165, 1.54) is 4.88 Å². The predicted molar refractivity (Wildman–Crippen MR) is 67.8 cm³/mol. The van der Waals surface area contributed by atoms with Crippen LogP contribution >= 0.6 is 11.3 Å². The molecule has 0 aliphatic rings. The van der Waals surface area contributed by atoms with Gasteiger partial charge in [-0.05, 0) is 20.3 Å². The Hall–Kier alpha value is -0.740. The molecule has 0 radical (unpaired) electrons.